The summed E-state index contributed by atoms with van der Waals surface area (Å²) in [4.78, 5) is 26.7. The van der Waals surface area contributed by atoms with Crippen molar-refractivity contribution in [2.75, 3.05) is 26.3 Å². The maximum atomic E-state index is 11.9. The molecule has 2 N–H and O–H groups in total. The Bertz CT molecular complexity index is 498. The van der Waals surface area contributed by atoms with Gasteiger partial charge in [-0.15, -0.1) is 0 Å². The molecular weight excluding hydrogens is 286 g/mol. The summed E-state index contributed by atoms with van der Waals surface area (Å²) in [6.45, 7) is 3.63. The maximum Gasteiger partial charge on any atom is 0.252 e. The van der Waals surface area contributed by atoms with E-state index in [0.29, 0.717) is 37.7 Å². The van der Waals surface area contributed by atoms with E-state index in [1.54, 1.807) is 12.1 Å². The summed E-state index contributed by atoms with van der Waals surface area (Å²) in [6.07, 6.45) is 3.32. The van der Waals surface area contributed by atoms with Gasteiger partial charge >= 0.3 is 0 Å². The van der Waals surface area contributed by atoms with Crippen molar-refractivity contribution in [2.24, 2.45) is 0 Å². The Kier molecular flexibility index (Phi) is 6.14. The first-order valence-corrected chi connectivity index (χ1v) is 7.38. The summed E-state index contributed by atoms with van der Waals surface area (Å²) in [7, 11) is 0. The van der Waals surface area contributed by atoms with Gasteiger partial charge in [0.15, 0.2) is 0 Å². The lowest BCUT2D eigenvalue weighted by atomic mass is 10.1. The topological polar surface area (TPSA) is 89.6 Å². The van der Waals surface area contributed by atoms with Gasteiger partial charge in [-0.2, -0.15) is 0 Å². The van der Waals surface area contributed by atoms with E-state index < -0.39 is 0 Å². The SMILES string of the molecule is CC(=O)NCCNC(=O)c1ccc(OC2CCOCC2)nc1. The van der Waals surface area contributed by atoms with Crippen molar-refractivity contribution in [3.05, 3.63) is 23.9 Å². The number of carbonyl (C=O) groups is 2. The van der Waals surface area contributed by atoms with Crippen molar-refractivity contribution in [2.45, 2.75) is 25.9 Å². The predicted molar refractivity (Wildman–Crippen MR) is 79.7 cm³/mol. The molecule has 0 bridgehead atoms. The van der Waals surface area contributed by atoms with E-state index in [2.05, 4.69) is 15.6 Å². The average molecular weight is 307 g/mol. The lowest BCUT2D eigenvalue weighted by Gasteiger charge is -2.22. The smallest absolute Gasteiger partial charge is 0.252 e. The van der Waals surface area contributed by atoms with Crippen LogP contribution in [0.3, 0.4) is 0 Å². The Balaban J connectivity index is 1.77. The van der Waals surface area contributed by atoms with E-state index in [-0.39, 0.29) is 17.9 Å². The van der Waals surface area contributed by atoms with Crippen molar-refractivity contribution in [1.82, 2.24) is 15.6 Å². The van der Waals surface area contributed by atoms with Gasteiger partial charge in [-0.05, 0) is 6.07 Å². The van der Waals surface area contributed by atoms with Crippen molar-refractivity contribution in [3.63, 3.8) is 0 Å². The number of nitrogens with zero attached hydrogens (tertiary/aromatic N) is 1. The van der Waals surface area contributed by atoms with Gasteiger partial charge in [0.2, 0.25) is 11.8 Å². The van der Waals surface area contributed by atoms with Gasteiger partial charge in [-0.1, -0.05) is 0 Å². The van der Waals surface area contributed by atoms with Gasteiger partial charge in [0.25, 0.3) is 5.91 Å². The number of amides is 2. The Morgan fingerprint density at radius 2 is 2.00 bits per heavy atom. The Morgan fingerprint density at radius 3 is 2.64 bits per heavy atom. The van der Waals surface area contributed by atoms with Crippen molar-refractivity contribution in [3.8, 4) is 5.88 Å². The summed E-state index contributed by atoms with van der Waals surface area (Å²) in [5.41, 5.74) is 0.460. The molecule has 2 heterocycles. The zero-order valence-electron chi connectivity index (χ0n) is 12.6. The molecule has 1 aliphatic rings. The Morgan fingerprint density at radius 1 is 1.27 bits per heavy atom. The minimum atomic E-state index is -0.226. The van der Waals surface area contributed by atoms with Crippen molar-refractivity contribution in [1.29, 1.82) is 0 Å². The van der Waals surface area contributed by atoms with Crippen LogP contribution in [-0.2, 0) is 9.53 Å². The molecule has 1 saturated heterocycles. The van der Waals surface area contributed by atoms with Gasteiger partial charge in [0.05, 0.1) is 18.8 Å². The molecule has 0 atom stereocenters. The summed E-state index contributed by atoms with van der Waals surface area (Å²) in [5, 5.41) is 5.31. The van der Waals surface area contributed by atoms with E-state index in [9.17, 15) is 9.59 Å². The third-order valence-corrected chi connectivity index (χ3v) is 3.24. The number of aromatic nitrogens is 1. The maximum absolute atomic E-state index is 11.9. The molecule has 0 aromatic carbocycles. The molecule has 0 radical (unpaired) electrons. The van der Waals surface area contributed by atoms with Crippen molar-refractivity contribution < 1.29 is 19.1 Å². The molecule has 7 nitrogen and oxygen atoms in total. The molecule has 0 spiro atoms. The Labute approximate surface area is 129 Å². The lowest BCUT2D eigenvalue weighted by molar-refractivity contribution is -0.118. The fourth-order valence-electron chi connectivity index (χ4n) is 2.07. The van der Waals surface area contributed by atoms with Crippen molar-refractivity contribution >= 4 is 11.8 Å². The second-order valence-corrected chi connectivity index (χ2v) is 5.05. The number of rotatable bonds is 6. The van der Waals surface area contributed by atoms with Gasteiger partial charge in [0, 0.05) is 45.1 Å². The third-order valence-electron chi connectivity index (χ3n) is 3.24. The lowest BCUT2D eigenvalue weighted by Crippen LogP contribution is -2.33. The quantitative estimate of drug-likeness (QED) is 0.747. The zero-order valence-corrected chi connectivity index (χ0v) is 12.6. The van der Waals surface area contributed by atoms with Crippen LogP contribution in [0.25, 0.3) is 0 Å². The molecule has 0 aliphatic carbocycles. The van der Waals surface area contributed by atoms with E-state index in [0.717, 1.165) is 12.8 Å². The van der Waals surface area contributed by atoms with Crippen LogP contribution in [0.1, 0.15) is 30.1 Å². The van der Waals surface area contributed by atoms with Crippen LogP contribution in [0.15, 0.2) is 18.3 Å². The molecule has 1 aliphatic heterocycles. The van der Waals surface area contributed by atoms with E-state index in [1.807, 2.05) is 0 Å². The van der Waals surface area contributed by atoms with E-state index in [1.165, 1.54) is 13.1 Å². The number of pyridine rings is 1. The molecule has 2 rings (SSSR count). The highest BCUT2D eigenvalue weighted by atomic mass is 16.5. The number of nitrogens with one attached hydrogen (secondary N) is 2. The van der Waals surface area contributed by atoms with Crippen LogP contribution in [-0.4, -0.2) is 49.2 Å². The highest BCUT2D eigenvalue weighted by molar-refractivity contribution is 5.93. The van der Waals surface area contributed by atoms with Crippen LogP contribution in [0.5, 0.6) is 5.88 Å². The first-order chi connectivity index (χ1) is 10.6. The fraction of sp³-hybridized carbons (Fsp3) is 0.533. The van der Waals surface area contributed by atoms with Gasteiger partial charge in [-0.25, -0.2) is 4.98 Å². The molecule has 1 fully saturated rings. The number of carbonyl (C=O) groups excluding carboxylic acids is 2. The van der Waals surface area contributed by atoms with E-state index >= 15 is 0 Å². The second-order valence-electron chi connectivity index (χ2n) is 5.05. The summed E-state index contributed by atoms with van der Waals surface area (Å²) >= 11 is 0. The Hall–Kier alpha value is -2.15. The molecule has 7 heteroatoms. The monoisotopic (exact) mass is 307 g/mol. The molecule has 22 heavy (non-hydrogen) atoms. The van der Waals surface area contributed by atoms with Crippen LogP contribution in [0.2, 0.25) is 0 Å². The largest absolute Gasteiger partial charge is 0.474 e. The van der Waals surface area contributed by atoms with Crippen LogP contribution < -0.4 is 15.4 Å². The summed E-state index contributed by atoms with van der Waals surface area (Å²) < 4.78 is 11.0. The first-order valence-electron chi connectivity index (χ1n) is 7.38. The average Bonchev–Trinajstić information content (AvgIpc) is 2.53. The molecular formula is C15H21N3O4. The van der Waals surface area contributed by atoms with E-state index in [4.69, 9.17) is 9.47 Å². The standard InChI is InChI=1S/C15H21N3O4/c1-11(19)16-6-7-17-15(20)12-2-3-14(18-10-12)22-13-4-8-21-9-5-13/h2-3,10,13H,4-9H2,1H3,(H,16,19)(H,17,20). The summed E-state index contributed by atoms with van der Waals surface area (Å²) in [6, 6.07) is 3.37. The number of hydrogen-bond donors (Lipinski definition) is 2. The van der Waals surface area contributed by atoms with Crippen LogP contribution in [0, 0.1) is 0 Å². The summed E-state index contributed by atoms with van der Waals surface area (Å²) in [5.74, 6) is 0.169. The third kappa shape index (κ3) is 5.33. The second kappa shape index (κ2) is 8.33. The van der Waals surface area contributed by atoms with Gasteiger partial charge in [0.1, 0.15) is 6.10 Å². The minimum Gasteiger partial charge on any atom is -0.474 e. The predicted octanol–water partition coefficient (Wildman–Crippen LogP) is 0.505. The highest BCUT2D eigenvalue weighted by Crippen LogP contribution is 2.15. The number of hydrogen-bond acceptors (Lipinski definition) is 5. The fourth-order valence-corrected chi connectivity index (χ4v) is 2.07. The minimum absolute atomic E-state index is 0.120. The molecule has 120 valence electrons. The van der Waals surface area contributed by atoms with Gasteiger partial charge < -0.3 is 20.1 Å². The zero-order chi connectivity index (χ0) is 15.8. The molecule has 1 aromatic heterocycles. The number of ether oxygens (including phenoxy) is 2. The first kappa shape index (κ1) is 16.2. The molecule has 0 saturated carbocycles. The molecule has 2 amide bonds. The highest BCUT2D eigenvalue weighted by Gasteiger charge is 2.16. The molecule has 1 aromatic rings. The molecule has 0 unspecified atom stereocenters. The van der Waals surface area contributed by atoms with Gasteiger partial charge in [-0.3, -0.25) is 9.59 Å². The normalized spacial score (nSPS) is 15.1. The van der Waals surface area contributed by atoms with Crippen LogP contribution in [0.4, 0.5) is 0 Å². The van der Waals surface area contributed by atoms with Crippen LogP contribution >= 0.6 is 0 Å².